The van der Waals surface area contributed by atoms with Crippen molar-refractivity contribution in [3.8, 4) is 0 Å². The summed E-state index contributed by atoms with van der Waals surface area (Å²) < 4.78 is 6.14. The molecule has 0 aliphatic rings. The molecular formula is C28H56BrNO2. The summed E-state index contributed by atoms with van der Waals surface area (Å²) in [7, 11) is 4.45. The molecule has 3 nitrogen and oxygen atoms in total. The number of quaternary nitrogens is 1. The van der Waals surface area contributed by atoms with Crippen LogP contribution in [0.4, 0.5) is 0 Å². The van der Waals surface area contributed by atoms with Gasteiger partial charge in [-0.3, -0.25) is 0 Å². The molecule has 0 aromatic rings. The minimum absolute atomic E-state index is 0. The molecule has 0 saturated carbocycles. The molecule has 0 aromatic carbocycles. The highest BCUT2D eigenvalue weighted by molar-refractivity contribution is 5.86. The Morgan fingerprint density at radius 2 is 1.00 bits per heavy atom. The zero-order valence-electron chi connectivity index (χ0n) is 22.2. The summed E-state index contributed by atoms with van der Waals surface area (Å²) in [5.41, 5.74) is 0.480. The quantitative estimate of drug-likeness (QED) is 0.0802. The lowest BCUT2D eigenvalue weighted by Gasteiger charge is -2.29. The molecule has 0 fully saturated rings. The SMILES string of the molecule is C=C(C)C(=O)OCC[N+](C)(C)CCCCCCCCCCCCCCCCCCCC.[Br-]. The maximum atomic E-state index is 11.4. The highest BCUT2D eigenvalue weighted by Gasteiger charge is 2.15. The number of halogens is 1. The van der Waals surface area contributed by atoms with Gasteiger partial charge in [0.25, 0.3) is 0 Å². The van der Waals surface area contributed by atoms with Crippen molar-refractivity contribution in [3.05, 3.63) is 12.2 Å². The van der Waals surface area contributed by atoms with Gasteiger partial charge in [-0.15, -0.1) is 0 Å². The van der Waals surface area contributed by atoms with E-state index in [1.165, 1.54) is 116 Å². The number of rotatable bonds is 23. The smallest absolute Gasteiger partial charge is 0.333 e. The van der Waals surface area contributed by atoms with E-state index in [0.29, 0.717) is 12.2 Å². The first-order valence-electron chi connectivity index (χ1n) is 13.5. The molecule has 0 spiro atoms. The van der Waals surface area contributed by atoms with Crippen molar-refractivity contribution in [1.29, 1.82) is 0 Å². The predicted molar refractivity (Wildman–Crippen MR) is 136 cm³/mol. The van der Waals surface area contributed by atoms with Crippen molar-refractivity contribution in [2.75, 3.05) is 33.8 Å². The van der Waals surface area contributed by atoms with E-state index in [0.717, 1.165) is 17.6 Å². The Labute approximate surface area is 212 Å². The first-order chi connectivity index (χ1) is 14.9. The molecule has 0 rings (SSSR count). The lowest BCUT2D eigenvalue weighted by molar-refractivity contribution is -0.890. The lowest BCUT2D eigenvalue weighted by atomic mass is 10.0. The Kier molecular flexibility index (Phi) is 25.2. The minimum Gasteiger partial charge on any atom is -1.00 e. The van der Waals surface area contributed by atoms with Crippen LogP contribution in [0.25, 0.3) is 0 Å². The molecule has 0 radical (unpaired) electrons. The largest absolute Gasteiger partial charge is 1.00 e. The molecule has 0 heterocycles. The van der Waals surface area contributed by atoms with Crippen LogP contribution in [-0.2, 0) is 9.53 Å². The van der Waals surface area contributed by atoms with Gasteiger partial charge in [-0.25, -0.2) is 4.79 Å². The first-order valence-corrected chi connectivity index (χ1v) is 13.5. The van der Waals surface area contributed by atoms with Gasteiger partial charge >= 0.3 is 5.97 Å². The van der Waals surface area contributed by atoms with Crippen LogP contribution in [0, 0.1) is 0 Å². The number of nitrogens with zero attached hydrogens (tertiary/aromatic N) is 1. The molecule has 0 saturated heterocycles. The number of esters is 1. The van der Waals surface area contributed by atoms with Crippen LogP contribution in [0.2, 0.25) is 0 Å². The Balaban J connectivity index is 0. The van der Waals surface area contributed by atoms with E-state index < -0.39 is 0 Å². The second kappa shape index (κ2) is 23.8. The number of carbonyl (C=O) groups excluding carboxylic acids is 1. The topological polar surface area (TPSA) is 26.3 Å². The Hall–Kier alpha value is -0.350. The molecular weight excluding hydrogens is 462 g/mol. The van der Waals surface area contributed by atoms with E-state index in [2.05, 4.69) is 27.6 Å². The van der Waals surface area contributed by atoms with E-state index in [1.807, 2.05) is 0 Å². The standard InChI is InChI=1S/C28H56NO2.BrH/c1-6-7-8-9-10-11-12-13-14-15-16-17-18-19-20-21-22-23-24-29(4,5)25-26-31-28(30)27(2)3;/h2,6-26H2,1,3-5H3;1H/q+1;/p-1. The Bertz CT molecular complexity index is 437. The molecule has 0 amide bonds. The van der Waals surface area contributed by atoms with Gasteiger partial charge in [-0.1, -0.05) is 116 Å². The molecule has 0 atom stereocenters. The maximum Gasteiger partial charge on any atom is 0.333 e. The van der Waals surface area contributed by atoms with Crippen LogP contribution in [0.3, 0.4) is 0 Å². The van der Waals surface area contributed by atoms with Crippen molar-refractivity contribution < 1.29 is 31.0 Å². The molecule has 0 bridgehead atoms. The fourth-order valence-electron chi connectivity index (χ4n) is 4.06. The molecule has 192 valence electrons. The molecule has 0 unspecified atom stereocenters. The zero-order chi connectivity index (χ0) is 23.2. The van der Waals surface area contributed by atoms with Crippen LogP contribution < -0.4 is 17.0 Å². The van der Waals surface area contributed by atoms with E-state index >= 15 is 0 Å². The van der Waals surface area contributed by atoms with E-state index in [1.54, 1.807) is 6.92 Å². The van der Waals surface area contributed by atoms with Crippen LogP contribution >= 0.6 is 0 Å². The van der Waals surface area contributed by atoms with E-state index in [9.17, 15) is 4.79 Å². The van der Waals surface area contributed by atoms with Crippen LogP contribution in [-0.4, -0.2) is 44.2 Å². The second-order valence-electron chi connectivity index (χ2n) is 10.3. The predicted octanol–water partition coefficient (Wildman–Crippen LogP) is 5.23. The van der Waals surface area contributed by atoms with E-state index in [4.69, 9.17) is 4.74 Å². The number of likely N-dealkylation sites (N-methyl/N-ethyl adjacent to an activating group) is 1. The zero-order valence-corrected chi connectivity index (χ0v) is 23.8. The van der Waals surface area contributed by atoms with Gasteiger partial charge in [0.15, 0.2) is 0 Å². The summed E-state index contributed by atoms with van der Waals surface area (Å²) in [6, 6.07) is 0. The van der Waals surface area contributed by atoms with Gasteiger partial charge in [0.1, 0.15) is 13.2 Å². The van der Waals surface area contributed by atoms with Gasteiger partial charge in [-0.05, 0) is 19.8 Å². The maximum absolute atomic E-state index is 11.4. The van der Waals surface area contributed by atoms with E-state index in [-0.39, 0.29) is 23.0 Å². The molecule has 4 heteroatoms. The summed E-state index contributed by atoms with van der Waals surface area (Å²) in [6.07, 6.45) is 25.5. The third-order valence-electron chi connectivity index (χ3n) is 6.40. The normalized spacial score (nSPS) is 11.2. The average Bonchev–Trinajstić information content (AvgIpc) is 2.72. The van der Waals surface area contributed by atoms with Crippen LogP contribution in [0.5, 0.6) is 0 Å². The fraction of sp³-hybridized carbons (Fsp3) is 0.893. The van der Waals surface area contributed by atoms with Gasteiger partial charge < -0.3 is 26.2 Å². The van der Waals surface area contributed by atoms with Crippen molar-refractivity contribution in [3.63, 3.8) is 0 Å². The average molecular weight is 519 g/mol. The van der Waals surface area contributed by atoms with Crippen LogP contribution in [0.1, 0.15) is 129 Å². The highest BCUT2D eigenvalue weighted by atomic mass is 79.9. The Morgan fingerprint density at radius 3 is 1.34 bits per heavy atom. The molecule has 32 heavy (non-hydrogen) atoms. The summed E-state index contributed by atoms with van der Waals surface area (Å²) in [6.45, 7) is 10.1. The third-order valence-corrected chi connectivity index (χ3v) is 6.40. The summed E-state index contributed by atoms with van der Waals surface area (Å²) in [5.74, 6) is -0.270. The second-order valence-corrected chi connectivity index (χ2v) is 10.3. The number of hydrogen-bond donors (Lipinski definition) is 0. The van der Waals surface area contributed by atoms with Gasteiger partial charge in [-0.2, -0.15) is 0 Å². The molecule has 0 N–H and O–H groups in total. The van der Waals surface area contributed by atoms with Crippen LogP contribution in [0.15, 0.2) is 12.2 Å². The van der Waals surface area contributed by atoms with Gasteiger partial charge in [0, 0.05) is 5.57 Å². The first kappa shape index (κ1) is 33.8. The molecule has 0 aliphatic heterocycles. The highest BCUT2D eigenvalue weighted by Crippen LogP contribution is 2.14. The van der Waals surface area contributed by atoms with Crippen molar-refractivity contribution in [2.45, 2.75) is 129 Å². The van der Waals surface area contributed by atoms with Crippen molar-refractivity contribution in [1.82, 2.24) is 0 Å². The minimum atomic E-state index is -0.270. The molecule has 0 aliphatic carbocycles. The number of unbranched alkanes of at least 4 members (excludes halogenated alkanes) is 17. The van der Waals surface area contributed by atoms with Crippen molar-refractivity contribution in [2.24, 2.45) is 0 Å². The number of carbonyl (C=O) groups is 1. The summed E-state index contributed by atoms with van der Waals surface area (Å²) >= 11 is 0. The third kappa shape index (κ3) is 24.3. The van der Waals surface area contributed by atoms with Gasteiger partial charge in [0.05, 0.1) is 20.6 Å². The monoisotopic (exact) mass is 517 g/mol. The fourth-order valence-corrected chi connectivity index (χ4v) is 4.06. The lowest BCUT2D eigenvalue weighted by Crippen LogP contribution is -3.00. The number of ether oxygens (including phenoxy) is 1. The number of hydrogen-bond acceptors (Lipinski definition) is 2. The molecule has 0 aromatic heterocycles. The summed E-state index contributed by atoms with van der Waals surface area (Å²) in [4.78, 5) is 11.4. The van der Waals surface area contributed by atoms with Gasteiger partial charge in [0.2, 0.25) is 0 Å². The Morgan fingerprint density at radius 1 is 0.656 bits per heavy atom. The van der Waals surface area contributed by atoms with Crippen molar-refractivity contribution >= 4 is 5.97 Å². The summed E-state index contributed by atoms with van der Waals surface area (Å²) in [5, 5.41) is 0.